The van der Waals surface area contributed by atoms with Crippen LogP contribution >= 0.6 is 11.3 Å². The Balaban J connectivity index is 2.01. The highest BCUT2D eigenvalue weighted by Crippen LogP contribution is 2.29. The van der Waals surface area contributed by atoms with Crippen LogP contribution in [-0.4, -0.2) is 18.1 Å². The summed E-state index contributed by atoms with van der Waals surface area (Å²) in [5, 5.41) is 1.95. The molecule has 2 aromatic heterocycles. The SMILES string of the molecule is COc1ccnc(COC(=O)C(C)(C)c2cccs2)c1. The highest BCUT2D eigenvalue weighted by Gasteiger charge is 2.32. The predicted octanol–water partition coefficient (Wildman–Crippen LogP) is 3.17. The van der Waals surface area contributed by atoms with Crippen molar-refractivity contribution < 1.29 is 14.3 Å². The first kappa shape index (κ1) is 14.5. The minimum absolute atomic E-state index is 0.144. The molecule has 2 rings (SSSR count). The lowest BCUT2D eigenvalue weighted by Gasteiger charge is -2.21. The number of ether oxygens (including phenoxy) is 2. The van der Waals surface area contributed by atoms with Crippen molar-refractivity contribution in [1.82, 2.24) is 4.98 Å². The Kier molecular flexibility index (Phi) is 4.39. The van der Waals surface area contributed by atoms with Crippen LogP contribution in [0.5, 0.6) is 5.75 Å². The van der Waals surface area contributed by atoms with Gasteiger partial charge in [0.15, 0.2) is 0 Å². The third kappa shape index (κ3) is 3.17. The number of hydrogen-bond donors (Lipinski definition) is 0. The molecule has 0 unspecified atom stereocenters. The van der Waals surface area contributed by atoms with E-state index in [2.05, 4.69) is 4.98 Å². The summed E-state index contributed by atoms with van der Waals surface area (Å²) >= 11 is 1.55. The first-order valence-corrected chi connectivity index (χ1v) is 7.12. The second-order valence-electron chi connectivity index (χ2n) is 4.87. The van der Waals surface area contributed by atoms with Gasteiger partial charge in [0, 0.05) is 17.1 Å². The van der Waals surface area contributed by atoms with Crippen LogP contribution in [0.2, 0.25) is 0 Å². The van der Waals surface area contributed by atoms with E-state index in [1.54, 1.807) is 36.8 Å². The maximum atomic E-state index is 12.2. The van der Waals surface area contributed by atoms with Crippen LogP contribution in [0.4, 0.5) is 0 Å². The molecule has 0 aliphatic rings. The Morgan fingerprint density at radius 1 is 1.40 bits per heavy atom. The second-order valence-corrected chi connectivity index (χ2v) is 5.81. The predicted molar refractivity (Wildman–Crippen MR) is 77.9 cm³/mol. The fraction of sp³-hybridized carbons (Fsp3) is 0.333. The summed E-state index contributed by atoms with van der Waals surface area (Å²) in [6, 6.07) is 7.38. The van der Waals surface area contributed by atoms with Gasteiger partial charge in [-0.2, -0.15) is 0 Å². The van der Waals surface area contributed by atoms with Crippen molar-refractivity contribution in [3.63, 3.8) is 0 Å². The molecular formula is C15H17NO3S. The van der Waals surface area contributed by atoms with Crippen molar-refractivity contribution >= 4 is 17.3 Å². The molecule has 0 amide bonds. The first-order chi connectivity index (χ1) is 9.54. The van der Waals surface area contributed by atoms with Crippen LogP contribution in [0.3, 0.4) is 0 Å². The van der Waals surface area contributed by atoms with E-state index >= 15 is 0 Å². The van der Waals surface area contributed by atoms with Crippen molar-refractivity contribution in [3.8, 4) is 5.75 Å². The van der Waals surface area contributed by atoms with E-state index in [0.717, 1.165) is 4.88 Å². The van der Waals surface area contributed by atoms with Gasteiger partial charge in [0.05, 0.1) is 18.2 Å². The summed E-state index contributed by atoms with van der Waals surface area (Å²) in [5.74, 6) is 0.438. The van der Waals surface area contributed by atoms with Crippen LogP contribution in [0.15, 0.2) is 35.8 Å². The van der Waals surface area contributed by atoms with Gasteiger partial charge in [-0.25, -0.2) is 0 Å². The quantitative estimate of drug-likeness (QED) is 0.794. The summed E-state index contributed by atoms with van der Waals surface area (Å²) in [6.07, 6.45) is 1.63. The molecule has 0 aliphatic carbocycles. The minimum Gasteiger partial charge on any atom is -0.497 e. The number of carbonyl (C=O) groups excluding carboxylic acids is 1. The topological polar surface area (TPSA) is 48.4 Å². The van der Waals surface area contributed by atoms with Crippen LogP contribution in [-0.2, 0) is 21.6 Å². The molecule has 0 bridgehead atoms. The lowest BCUT2D eigenvalue weighted by Crippen LogP contribution is -2.30. The summed E-state index contributed by atoms with van der Waals surface area (Å²) in [5.41, 5.74) is 0.0206. The van der Waals surface area contributed by atoms with Gasteiger partial charge in [0.1, 0.15) is 12.4 Å². The normalized spacial score (nSPS) is 11.2. The van der Waals surface area contributed by atoms with Gasteiger partial charge >= 0.3 is 5.97 Å². The van der Waals surface area contributed by atoms with Crippen molar-refractivity contribution in [2.75, 3.05) is 7.11 Å². The molecule has 0 aliphatic heterocycles. The Morgan fingerprint density at radius 2 is 2.20 bits per heavy atom. The van der Waals surface area contributed by atoms with Crippen LogP contribution in [0.1, 0.15) is 24.4 Å². The number of aromatic nitrogens is 1. The molecule has 0 N–H and O–H groups in total. The first-order valence-electron chi connectivity index (χ1n) is 6.24. The third-order valence-electron chi connectivity index (χ3n) is 3.02. The van der Waals surface area contributed by atoms with E-state index in [1.807, 2.05) is 31.4 Å². The summed E-state index contributed by atoms with van der Waals surface area (Å²) in [6.45, 7) is 3.87. The van der Waals surface area contributed by atoms with E-state index in [-0.39, 0.29) is 12.6 Å². The van der Waals surface area contributed by atoms with Crippen LogP contribution < -0.4 is 4.74 Å². The molecule has 0 aromatic carbocycles. The Bertz CT molecular complexity index is 579. The molecule has 0 radical (unpaired) electrons. The number of pyridine rings is 1. The molecule has 4 nitrogen and oxygen atoms in total. The van der Waals surface area contributed by atoms with E-state index in [9.17, 15) is 4.79 Å². The lowest BCUT2D eigenvalue weighted by molar-refractivity contribution is -0.150. The Labute approximate surface area is 122 Å². The number of esters is 1. The average Bonchev–Trinajstić information content (AvgIpc) is 2.99. The number of methoxy groups -OCH3 is 1. The van der Waals surface area contributed by atoms with Gasteiger partial charge in [-0.05, 0) is 31.4 Å². The molecule has 0 saturated heterocycles. The molecule has 2 aromatic rings. The van der Waals surface area contributed by atoms with Crippen molar-refractivity contribution in [3.05, 3.63) is 46.4 Å². The smallest absolute Gasteiger partial charge is 0.317 e. The molecule has 0 fully saturated rings. The number of thiophene rings is 1. The molecular weight excluding hydrogens is 274 g/mol. The van der Waals surface area contributed by atoms with Gasteiger partial charge in [0.2, 0.25) is 0 Å². The van der Waals surface area contributed by atoms with Crippen molar-refractivity contribution in [2.45, 2.75) is 25.9 Å². The van der Waals surface area contributed by atoms with Crippen LogP contribution in [0.25, 0.3) is 0 Å². The highest BCUT2D eigenvalue weighted by atomic mass is 32.1. The summed E-state index contributed by atoms with van der Waals surface area (Å²) in [7, 11) is 1.59. The zero-order valence-electron chi connectivity index (χ0n) is 11.8. The largest absolute Gasteiger partial charge is 0.497 e. The average molecular weight is 291 g/mol. The van der Waals surface area contributed by atoms with E-state index in [4.69, 9.17) is 9.47 Å². The molecule has 0 atom stereocenters. The van der Waals surface area contributed by atoms with E-state index in [1.165, 1.54) is 0 Å². The van der Waals surface area contributed by atoms with Gasteiger partial charge in [0.25, 0.3) is 0 Å². The number of rotatable bonds is 5. The van der Waals surface area contributed by atoms with Crippen molar-refractivity contribution in [1.29, 1.82) is 0 Å². The number of nitrogens with zero attached hydrogens (tertiary/aromatic N) is 1. The van der Waals surface area contributed by atoms with E-state index in [0.29, 0.717) is 11.4 Å². The third-order valence-corrected chi connectivity index (χ3v) is 4.22. The van der Waals surface area contributed by atoms with Gasteiger partial charge in [-0.1, -0.05) is 6.07 Å². The Morgan fingerprint density at radius 3 is 2.85 bits per heavy atom. The van der Waals surface area contributed by atoms with Crippen molar-refractivity contribution in [2.24, 2.45) is 0 Å². The molecule has 2 heterocycles. The maximum Gasteiger partial charge on any atom is 0.317 e. The molecule has 106 valence electrons. The highest BCUT2D eigenvalue weighted by molar-refractivity contribution is 7.10. The number of hydrogen-bond acceptors (Lipinski definition) is 5. The summed E-state index contributed by atoms with van der Waals surface area (Å²) in [4.78, 5) is 17.4. The molecule has 0 saturated carbocycles. The zero-order valence-corrected chi connectivity index (χ0v) is 12.6. The van der Waals surface area contributed by atoms with Gasteiger partial charge < -0.3 is 9.47 Å². The van der Waals surface area contributed by atoms with E-state index < -0.39 is 5.41 Å². The number of carbonyl (C=O) groups is 1. The molecule has 5 heteroatoms. The fourth-order valence-electron chi connectivity index (χ4n) is 1.72. The lowest BCUT2D eigenvalue weighted by atomic mass is 9.92. The summed E-state index contributed by atoms with van der Waals surface area (Å²) < 4.78 is 10.5. The van der Waals surface area contributed by atoms with Gasteiger partial charge in [-0.3, -0.25) is 9.78 Å². The van der Waals surface area contributed by atoms with Gasteiger partial charge in [-0.15, -0.1) is 11.3 Å². The zero-order chi connectivity index (χ0) is 14.6. The fourth-order valence-corrected chi connectivity index (χ4v) is 2.56. The standard InChI is InChI=1S/C15H17NO3S/c1-15(2,13-5-4-8-20-13)14(17)19-10-11-9-12(18-3)6-7-16-11/h4-9H,10H2,1-3H3. The molecule has 20 heavy (non-hydrogen) atoms. The van der Waals surface area contributed by atoms with Crippen LogP contribution in [0, 0.1) is 0 Å². The minimum atomic E-state index is -0.646. The second kappa shape index (κ2) is 6.05. The maximum absolute atomic E-state index is 12.2. The molecule has 0 spiro atoms. The Hall–Kier alpha value is -1.88. The monoisotopic (exact) mass is 291 g/mol.